The molecule has 0 spiro atoms. The van der Waals surface area contributed by atoms with Crippen LogP contribution in [0.2, 0.25) is 0 Å². The summed E-state index contributed by atoms with van der Waals surface area (Å²) in [5.41, 5.74) is 0.507. The molecule has 0 radical (unpaired) electrons. The van der Waals surface area contributed by atoms with E-state index in [0.717, 1.165) is 13.1 Å². The minimum Gasteiger partial charge on any atom is -0.346 e. The summed E-state index contributed by atoms with van der Waals surface area (Å²) in [6.07, 6.45) is 6.56. The predicted molar refractivity (Wildman–Crippen MR) is 100 cm³/mol. The van der Waals surface area contributed by atoms with Crippen LogP contribution >= 0.6 is 0 Å². The summed E-state index contributed by atoms with van der Waals surface area (Å²) < 4.78 is 1.59. The van der Waals surface area contributed by atoms with Crippen LogP contribution in [0.4, 0.5) is 0 Å². The Morgan fingerprint density at radius 1 is 1.11 bits per heavy atom. The molecule has 1 aliphatic carbocycles. The average Bonchev–Trinajstić information content (AvgIpc) is 3.13. The number of hydrogen-bond acceptors (Lipinski definition) is 5. The Morgan fingerprint density at radius 2 is 1.81 bits per heavy atom. The number of hydrogen-bond donors (Lipinski definition) is 1. The molecule has 1 aromatic heterocycles. The molecule has 0 aromatic carbocycles. The second kappa shape index (κ2) is 7.58. The van der Waals surface area contributed by atoms with Gasteiger partial charge >= 0.3 is 0 Å². The Bertz CT molecular complexity index is 701. The maximum atomic E-state index is 13.0. The van der Waals surface area contributed by atoms with Gasteiger partial charge in [0.25, 0.3) is 11.8 Å². The fourth-order valence-electron chi connectivity index (χ4n) is 4.54. The smallest absolute Gasteiger partial charge is 0.276 e. The summed E-state index contributed by atoms with van der Waals surface area (Å²) in [4.78, 5) is 29.9. The molecule has 1 N–H and O–H groups in total. The molecule has 1 saturated carbocycles. The van der Waals surface area contributed by atoms with Crippen molar-refractivity contribution < 1.29 is 9.59 Å². The highest BCUT2D eigenvalue weighted by Crippen LogP contribution is 2.24. The molecule has 1 unspecified atom stereocenters. The SMILES string of the molecule is CC(C)C1Cn2nnc(C(=O)N3CCN(C4CCCCC4)CC3)c2C(=O)N1. The first-order valence-corrected chi connectivity index (χ1v) is 10.3. The van der Waals surface area contributed by atoms with E-state index in [1.165, 1.54) is 32.1 Å². The first-order chi connectivity index (χ1) is 13.0. The van der Waals surface area contributed by atoms with Crippen LogP contribution in [-0.4, -0.2) is 74.9 Å². The molecular formula is C19H30N6O2. The van der Waals surface area contributed by atoms with E-state index in [-0.39, 0.29) is 23.6 Å². The number of piperazine rings is 1. The van der Waals surface area contributed by atoms with Gasteiger partial charge in [-0.15, -0.1) is 5.10 Å². The van der Waals surface area contributed by atoms with Crippen molar-refractivity contribution in [2.75, 3.05) is 26.2 Å². The van der Waals surface area contributed by atoms with Crippen LogP contribution in [-0.2, 0) is 6.54 Å². The Kier molecular flexibility index (Phi) is 5.16. The molecule has 27 heavy (non-hydrogen) atoms. The van der Waals surface area contributed by atoms with Crippen molar-refractivity contribution in [2.24, 2.45) is 5.92 Å². The number of fused-ring (bicyclic) bond motifs is 1. The lowest BCUT2D eigenvalue weighted by Gasteiger charge is -2.40. The lowest BCUT2D eigenvalue weighted by molar-refractivity contribution is 0.0515. The van der Waals surface area contributed by atoms with Gasteiger partial charge in [-0.1, -0.05) is 38.3 Å². The van der Waals surface area contributed by atoms with E-state index in [4.69, 9.17) is 0 Å². The van der Waals surface area contributed by atoms with Crippen LogP contribution in [0.3, 0.4) is 0 Å². The highest BCUT2D eigenvalue weighted by atomic mass is 16.2. The van der Waals surface area contributed by atoms with Gasteiger partial charge < -0.3 is 10.2 Å². The number of rotatable bonds is 3. The molecule has 1 saturated heterocycles. The molecule has 3 heterocycles. The summed E-state index contributed by atoms with van der Waals surface area (Å²) in [7, 11) is 0. The normalized spacial score (nSPS) is 24.8. The van der Waals surface area contributed by atoms with Crippen LogP contribution < -0.4 is 5.32 Å². The van der Waals surface area contributed by atoms with Gasteiger partial charge in [0, 0.05) is 32.2 Å². The van der Waals surface area contributed by atoms with Gasteiger partial charge in [-0.05, 0) is 18.8 Å². The number of amides is 2. The molecule has 8 heteroatoms. The molecule has 2 fully saturated rings. The zero-order valence-corrected chi connectivity index (χ0v) is 16.4. The molecule has 1 atom stereocenters. The van der Waals surface area contributed by atoms with Crippen LogP contribution in [0.5, 0.6) is 0 Å². The van der Waals surface area contributed by atoms with Crippen LogP contribution in [0, 0.1) is 5.92 Å². The summed E-state index contributed by atoms with van der Waals surface area (Å²) in [5.74, 6) is -0.106. The van der Waals surface area contributed by atoms with E-state index in [2.05, 4.69) is 34.4 Å². The topological polar surface area (TPSA) is 83.4 Å². The average molecular weight is 374 g/mol. The number of nitrogens with zero attached hydrogens (tertiary/aromatic N) is 5. The van der Waals surface area contributed by atoms with Crippen molar-refractivity contribution in [3.8, 4) is 0 Å². The van der Waals surface area contributed by atoms with Gasteiger partial charge in [-0.25, -0.2) is 4.68 Å². The summed E-state index contributed by atoms with van der Waals surface area (Å²) in [5, 5.41) is 11.2. The molecule has 0 bridgehead atoms. The van der Waals surface area contributed by atoms with Gasteiger partial charge in [-0.3, -0.25) is 14.5 Å². The fraction of sp³-hybridized carbons (Fsp3) is 0.789. The van der Waals surface area contributed by atoms with E-state index in [1.54, 1.807) is 4.68 Å². The third kappa shape index (κ3) is 3.59. The molecule has 3 aliphatic rings. The molecule has 8 nitrogen and oxygen atoms in total. The van der Waals surface area contributed by atoms with Gasteiger partial charge in [0.15, 0.2) is 11.4 Å². The minimum absolute atomic E-state index is 0.0219. The summed E-state index contributed by atoms with van der Waals surface area (Å²) in [6.45, 7) is 7.88. The van der Waals surface area contributed by atoms with E-state index < -0.39 is 0 Å². The van der Waals surface area contributed by atoms with Crippen molar-refractivity contribution in [1.29, 1.82) is 0 Å². The first-order valence-electron chi connectivity index (χ1n) is 10.3. The van der Waals surface area contributed by atoms with Crippen molar-refractivity contribution >= 4 is 11.8 Å². The Hall–Kier alpha value is -1.96. The first kappa shape index (κ1) is 18.4. The van der Waals surface area contributed by atoms with Crippen LogP contribution in [0.15, 0.2) is 0 Å². The van der Waals surface area contributed by atoms with Crippen molar-refractivity contribution in [2.45, 2.75) is 64.6 Å². The zero-order valence-electron chi connectivity index (χ0n) is 16.4. The molecule has 2 amide bonds. The van der Waals surface area contributed by atoms with Crippen molar-refractivity contribution in [1.82, 2.24) is 30.1 Å². The van der Waals surface area contributed by atoms with Crippen molar-refractivity contribution in [3.05, 3.63) is 11.4 Å². The van der Waals surface area contributed by atoms with Gasteiger partial charge in [0.1, 0.15) is 0 Å². The number of carbonyl (C=O) groups excluding carboxylic acids is 2. The highest BCUT2D eigenvalue weighted by Gasteiger charge is 2.35. The lowest BCUT2D eigenvalue weighted by atomic mass is 9.94. The second-order valence-electron chi connectivity index (χ2n) is 8.41. The monoisotopic (exact) mass is 374 g/mol. The lowest BCUT2D eigenvalue weighted by Crippen LogP contribution is -2.53. The zero-order chi connectivity index (χ0) is 19.0. The Balaban J connectivity index is 1.42. The van der Waals surface area contributed by atoms with E-state index in [1.807, 2.05) is 4.90 Å². The largest absolute Gasteiger partial charge is 0.346 e. The molecule has 1 aromatic rings. The Labute approximate surface area is 160 Å². The summed E-state index contributed by atoms with van der Waals surface area (Å²) >= 11 is 0. The molecule has 148 valence electrons. The van der Waals surface area contributed by atoms with Crippen LogP contribution in [0.1, 0.15) is 66.9 Å². The fourth-order valence-corrected chi connectivity index (χ4v) is 4.54. The van der Waals surface area contributed by atoms with E-state index in [9.17, 15) is 9.59 Å². The van der Waals surface area contributed by atoms with Gasteiger partial charge in [0.05, 0.1) is 12.6 Å². The quantitative estimate of drug-likeness (QED) is 0.858. The van der Waals surface area contributed by atoms with E-state index in [0.29, 0.717) is 37.3 Å². The summed E-state index contributed by atoms with van der Waals surface area (Å²) in [6, 6.07) is 0.700. The van der Waals surface area contributed by atoms with Gasteiger partial charge in [0.2, 0.25) is 0 Å². The maximum absolute atomic E-state index is 13.0. The van der Waals surface area contributed by atoms with Gasteiger partial charge in [-0.2, -0.15) is 0 Å². The van der Waals surface area contributed by atoms with E-state index >= 15 is 0 Å². The predicted octanol–water partition coefficient (Wildman–Crippen LogP) is 1.14. The molecule has 2 aliphatic heterocycles. The number of aromatic nitrogens is 3. The third-order valence-electron chi connectivity index (χ3n) is 6.34. The minimum atomic E-state index is -0.242. The highest BCUT2D eigenvalue weighted by molar-refractivity contribution is 6.05. The number of nitrogens with one attached hydrogen (secondary N) is 1. The third-order valence-corrected chi connectivity index (χ3v) is 6.34. The van der Waals surface area contributed by atoms with Crippen LogP contribution in [0.25, 0.3) is 0 Å². The molecular weight excluding hydrogens is 344 g/mol. The number of carbonyl (C=O) groups is 2. The molecule has 4 rings (SSSR count). The standard InChI is InChI=1S/C19H30N6O2/c1-13(2)15-12-25-17(18(26)20-15)16(21-22-25)19(27)24-10-8-23(9-11-24)14-6-4-3-5-7-14/h13-15H,3-12H2,1-2H3,(H,20,26). The Morgan fingerprint density at radius 3 is 2.48 bits per heavy atom. The maximum Gasteiger partial charge on any atom is 0.276 e. The second-order valence-corrected chi connectivity index (χ2v) is 8.41. The van der Waals surface area contributed by atoms with Crippen molar-refractivity contribution in [3.63, 3.8) is 0 Å².